The summed E-state index contributed by atoms with van der Waals surface area (Å²) in [5.41, 5.74) is -0.122. The predicted octanol–water partition coefficient (Wildman–Crippen LogP) is 3.93. The maximum Gasteiger partial charge on any atom is 0.266 e. The predicted molar refractivity (Wildman–Crippen MR) is 122 cm³/mol. The van der Waals surface area contributed by atoms with Crippen molar-refractivity contribution in [2.75, 3.05) is 18.9 Å². The van der Waals surface area contributed by atoms with Crippen LogP contribution in [0.5, 0.6) is 0 Å². The molecule has 1 saturated heterocycles. The lowest BCUT2D eigenvalue weighted by molar-refractivity contribution is -0.146. The Bertz CT molecular complexity index is 1260. The van der Waals surface area contributed by atoms with E-state index < -0.39 is 17.2 Å². The van der Waals surface area contributed by atoms with E-state index in [-0.39, 0.29) is 34.6 Å². The lowest BCUT2D eigenvalue weighted by Gasteiger charge is -2.43. The van der Waals surface area contributed by atoms with Gasteiger partial charge in [-0.3, -0.25) is 14.2 Å². The van der Waals surface area contributed by atoms with E-state index in [4.69, 9.17) is 4.74 Å². The molecule has 5 rings (SSSR count). The van der Waals surface area contributed by atoms with Gasteiger partial charge >= 0.3 is 0 Å². The molecule has 1 aliphatic carbocycles. The minimum Gasteiger partial charge on any atom is -0.374 e. The number of halogens is 2. The third-order valence-electron chi connectivity index (χ3n) is 6.27. The Balaban J connectivity index is 1.48. The van der Waals surface area contributed by atoms with Crippen molar-refractivity contribution in [3.05, 3.63) is 64.5 Å². The van der Waals surface area contributed by atoms with Crippen molar-refractivity contribution in [1.82, 2.24) is 14.5 Å². The van der Waals surface area contributed by atoms with Gasteiger partial charge in [-0.2, -0.15) is 0 Å². The molecule has 1 amide bonds. The maximum absolute atomic E-state index is 14.6. The van der Waals surface area contributed by atoms with E-state index in [1.165, 1.54) is 6.07 Å². The lowest BCUT2D eigenvalue weighted by atomic mass is 9.90. The first-order chi connectivity index (χ1) is 16.0. The molecule has 0 N–H and O–H groups in total. The Hall–Kier alpha value is -2.78. The molecule has 1 saturated carbocycles. The second-order valence-electron chi connectivity index (χ2n) is 8.28. The Morgan fingerprint density at radius 3 is 2.82 bits per heavy atom. The van der Waals surface area contributed by atoms with Crippen LogP contribution in [-0.2, 0) is 9.53 Å². The topological polar surface area (TPSA) is 64.4 Å². The van der Waals surface area contributed by atoms with Gasteiger partial charge in [0.05, 0.1) is 41.1 Å². The monoisotopic (exact) mass is 471 g/mol. The molecule has 9 heteroatoms. The van der Waals surface area contributed by atoms with Gasteiger partial charge in [0.2, 0.25) is 5.91 Å². The van der Waals surface area contributed by atoms with E-state index in [9.17, 15) is 18.4 Å². The lowest BCUT2D eigenvalue weighted by Crippen LogP contribution is -2.55. The third kappa shape index (κ3) is 4.27. The first-order valence-electron chi connectivity index (χ1n) is 11.0. The number of rotatable bonds is 4. The van der Waals surface area contributed by atoms with E-state index in [1.54, 1.807) is 24.3 Å². The van der Waals surface area contributed by atoms with Gasteiger partial charge in [0.25, 0.3) is 5.56 Å². The van der Waals surface area contributed by atoms with E-state index in [0.717, 1.165) is 54.1 Å². The van der Waals surface area contributed by atoms with Crippen LogP contribution in [0.4, 0.5) is 8.78 Å². The number of fused-ring (bicyclic) bond motifs is 2. The van der Waals surface area contributed by atoms with Crippen molar-refractivity contribution in [1.29, 1.82) is 0 Å². The zero-order valence-electron chi connectivity index (χ0n) is 17.9. The second-order valence-corrected chi connectivity index (χ2v) is 9.23. The molecule has 1 aliphatic heterocycles. The summed E-state index contributed by atoms with van der Waals surface area (Å²) in [6.07, 6.45) is 4.12. The highest BCUT2D eigenvalue weighted by molar-refractivity contribution is 7.99. The zero-order valence-corrected chi connectivity index (χ0v) is 18.7. The van der Waals surface area contributed by atoms with Gasteiger partial charge in [0.1, 0.15) is 11.6 Å². The molecule has 1 aromatic heterocycles. The zero-order chi connectivity index (χ0) is 22.9. The number of ether oxygens (including phenoxy) is 1. The summed E-state index contributed by atoms with van der Waals surface area (Å²) in [5.74, 6) is -1.62. The molecule has 2 aliphatic rings. The number of carbonyl (C=O) groups is 1. The van der Waals surface area contributed by atoms with Gasteiger partial charge in [-0.1, -0.05) is 36.7 Å². The van der Waals surface area contributed by atoms with Crippen LogP contribution in [0.25, 0.3) is 16.6 Å². The fraction of sp³-hybridized carbons (Fsp3) is 0.375. The molecule has 3 aromatic rings. The Morgan fingerprint density at radius 1 is 1.15 bits per heavy atom. The normalized spacial score (nSPS) is 20.6. The molecular weight excluding hydrogens is 448 g/mol. The highest BCUT2D eigenvalue weighted by Gasteiger charge is 2.36. The number of nitrogens with zero attached hydrogens (tertiary/aromatic N) is 3. The molecule has 2 atom stereocenters. The number of benzene rings is 2. The van der Waals surface area contributed by atoms with Crippen LogP contribution >= 0.6 is 11.8 Å². The highest BCUT2D eigenvalue weighted by atomic mass is 32.2. The average molecular weight is 472 g/mol. The fourth-order valence-electron chi connectivity index (χ4n) is 4.70. The quantitative estimate of drug-likeness (QED) is 0.426. The molecule has 33 heavy (non-hydrogen) atoms. The molecule has 0 spiro atoms. The summed E-state index contributed by atoms with van der Waals surface area (Å²) in [7, 11) is 0. The van der Waals surface area contributed by atoms with Gasteiger partial charge < -0.3 is 9.64 Å². The largest absolute Gasteiger partial charge is 0.374 e. The number of morpholine rings is 1. The number of hydrogen-bond acceptors (Lipinski definition) is 5. The number of hydrogen-bond donors (Lipinski definition) is 0. The summed E-state index contributed by atoms with van der Waals surface area (Å²) >= 11 is 1.08. The Labute approximate surface area is 193 Å². The number of amides is 1. The summed E-state index contributed by atoms with van der Waals surface area (Å²) in [6.45, 7) is 1.04. The molecule has 0 radical (unpaired) electrons. The average Bonchev–Trinajstić information content (AvgIpc) is 2.83. The molecule has 2 aromatic carbocycles. The van der Waals surface area contributed by atoms with Gasteiger partial charge in [0, 0.05) is 12.6 Å². The minimum absolute atomic E-state index is 0.0524. The van der Waals surface area contributed by atoms with E-state index in [2.05, 4.69) is 4.98 Å². The molecular formula is C24H23F2N3O3S. The standard InChI is InChI=1S/C24H23F2N3O3S/c25-15-9-10-19(17(26)13-15)29-23(31)16-5-1-2-6-18(16)27-24(29)33-14-22(30)28-11-12-32-21-8-4-3-7-20(21)28/h1-2,5-6,9-10,13,20-21H,3-4,7-8,11-12,14H2. The summed E-state index contributed by atoms with van der Waals surface area (Å²) in [5, 5.41) is 0.501. The van der Waals surface area contributed by atoms with Crippen molar-refractivity contribution in [2.24, 2.45) is 0 Å². The first kappa shape index (κ1) is 22.0. The van der Waals surface area contributed by atoms with E-state index in [0.29, 0.717) is 24.1 Å². The number of para-hydroxylation sites is 1. The van der Waals surface area contributed by atoms with Crippen LogP contribution < -0.4 is 5.56 Å². The van der Waals surface area contributed by atoms with Crippen molar-refractivity contribution in [3.63, 3.8) is 0 Å². The SMILES string of the molecule is O=C(CSc1nc2ccccc2c(=O)n1-c1ccc(F)cc1F)N1CCOC2CCCCC21. The van der Waals surface area contributed by atoms with Crippen molar-refractivity contribution in [2.45, 2.75) is 43.0 Å². The van der Waals surface area contributed by atoms with Gasteiger partial charge in [-0.25, -0.2) is 13.8 Å². The second kappa shape index (κ2) is 9.23. The van der Waals surface area contributed by atoms with Gasteiger partial charge in [-0.05, 0) is 37.1 Å². The van der Waals surface area contributed by atoms with E-state index >= 15 is 0 Å². The van der Waals surface area contributed by atoms with E-state index in [1.807, 2.05) is 4.90 Å². The first-order valence-corrected chi connectivity index (χ1v) is 12.0. The smallest absolute Gasteiger partial charge is 0.266 e. The fourth-order valence-corrected chi connectivity index (χ4v) is 5.59. The van der Waals surface area contributed by atoms with Gasteiger partial charge in [-0.15, -0.1) is 0 Å². The minimum atomic E-state index is -0.874. The number of carbonyl (C=O) groups excluding carboxylic acids is 1. The number of thioether (sulfide) groups is 1. The molecule has 172 valence electrons. The van der Waals surface area contributed by atoms with Crippen LogP contribution in [-0.4, -0.2) is 51.4 Å². The maximum atomic E-state index is 14.6. The van der Waals surface area contributed by atoms with Crippen molar-refractivity contribution < 1.29 is 18.3 Å². The Kier molecular flexibility index (Phi) is 6.16. The summed E-state index contributed by atoms with van der Waals surface area (Å²) in [6, 6.07) is 9.87. The molecule has 2 unspecified atom stereocenters. The van der Waals surface area contributed by atoms with Gasteiger partial charge in [0.15, 0.2) is 5.16 Å². The molecule has 2 fully saturated rings. The highest BCUT2D eigenvalue weighted by Crippen LogP contribution is 2.30. The van der Waals surface area contributed by atoms with Crippen LogP contribution in [0.3, 0.4) is 0 Å². The summed E-state index contributed by atoms with van der Waals surface area (Å²) in [4.78, 5) is 32.8. The molecule has 0 bridgehead atoms. The Morgan fingerprint density at radius 2 is 1.97 bits per heavy atom. The molecule has 6 nitrogen and oxygen atoms in total. The van der Waals surface area contributed by atoms with Crippen LogP contribution in [0, 0.1) is 11.6 Å². The summed E-state index contributed by atoms with van der Waals surface area (Å²) < 4.78 is 35.1. The van der Waals surface area contributed by atoms with Crippen molar-refractivity contribution >= 4 is 28.6 Å². The van der Waals surface area contributed by atoms with Crippen LogP contribution in [0.15, 0.2) is 52.4 Å². The van der Waals surface area contributed by atoms with Crippen molar-refractivity contribution in [3.8, 4) is 5.69 Å². The van der Waals surface area contributed by atoms with Crippen LogP contribution in [0.2, 0.25) is 0 Å². The number of aromatic nitrogens is 2. The van der Waals surface area contributed by atoms with Crippen LogP contribution in [0.1, 0.15) is 25.7 Å². The third-order valence-corrected chi connectivity index (χ3v) is 7.20. The molecule has 2 heterocycles.